The monoisotopic (exact) mass is 374 g/mol. The molecule has 0 saturated carbocycles. The molecule has 1 aromatic carbocycles. The van der Waals surface area contributed by atoms with E-state index in [-0.39, 0.29) is 0 Å². The minimum atomic E-state index is -1.01. The highest BCUT2D eigenvalue weighted by Crippen LogP contribution is 2.34. The van der Waals surface area contributed by atoms with E-state index in [0.717, 1.165) is 16.7 Å². The van der Waals surface area contributed by atoms with Gasteiger partial charge in [0.15, 0.2) is 6.10 Å². The molecule has 0 unspecified atom stereocenters. The van der Waals surface area contributed by atoms with Gasteiger partial charge in [-0.15, -0.1) is 0 Å². The van der Waals surface area contributed by atoms with Crippen LogP contribution in [0.3, 0.4) is 0 Å². The summed E-state index contributed by atoms with van der Waals surface area (Å²) >= 11 is 0. The second kappa shape index (κ2) is 8.70. The number of hydrazine groups is 1. The zero-order valence-electron chi connectivity index (χ0n) is 16.0. The molecule has 27 heavy (non-hydrogen) atoms. The fourth-order valence-electron chi connectivity index (χ4n) is 3.09. The van der Waals surface area contributed by atoms with Crippen LogP contribution in [0.5, 0.6) is 5.75 Å². The van der Waals surface area contributed by atoms with Crippen LogP contribution in [0.4, 0.5) is 0 Å². The number of aliphatic carboxylic acids is 1. The van der Waals surface area contributed by atoms with Crippen LogP contribution in [0.2, 0.25) is 0 Å². The van der Waals surface area contributed by atoms with Crippen molar-refractivity contribution in [1.29, 1.82) is 0 Å². The molecule has 0 heterocycles. The molecule has 0 aromatic heterocycles. The van der Waals surface area contributed by atoms with E-state index in [0.29, 0.717) is 18.6 Å². The Morgan fingerprint density at radius 3 is 2.30 bits per heavy atom. The number of amides is 2. The standard InChI is InChI=1S/C20H26N2O5/c1-11-6-5-7-15(8-11)27-14(4)18(23)21-22-19(24)16-9-12(2)13(3)10-17(16)20(25)26/h5-8,14,16-17H,9-10H2,1-4H3,(H,21,23)(H,22,24)(H,25,26)/t14-,16+,17+/m1/s1. The number of benzene rings is 1. The molecule has 3 atom stereocenters. The molecule has 0 bridgehead atoms. The Hall–Kier alpha value is -2.83. The van der Waals surface area contributed by atoms with Crippen LogP contribution in [-0.4, -0.2) is 29.0 Å². The zero-order chi connectivity index (χ0) is 20.1. The fourth-order valence-corrected chi connectivity index (χ4v) is 3.09. The van der Waals surface area contributed by atoms with Crippen LogP contribution >= 0.6 is 0 Å². The molecule has 1 aromatic rings. The van der Waals surface area contributed by atoms with Crippen LogP contribution in [0.15, 0.2) is 35.4 Å². The molecule has 1 aliphatic rings. The maximum absolute atomic E-state index is 12.4. The van der Waals surface area contributed by atoms with Crippen LogP contribution in [0.1, 0.15) is 39.2 Å². The van der Waals surface area contributed by atoms with Crippen LogP contribution < -0.4 is 15.6 Å². The molecule has 146 valence electrons. The van der Waals surface area contributed by atoms with Crippen molar-refractivity contribution in [2.45, 2.75) is 46.6 Å². The highest BCUT2D eigenvalue weighted by molar-refractivity contribution is 5.88. The van der Waals surface area contributed by atoms with E-state index < -0.39 is 35.7 Å². The molecule has 1 aliphatic carbocycles. The molecule has 3 N–H and O–H groups in total. The van der Waals surface area contributed by atoms with Gasteiger partial charge in [0.25, 0.3) is 5.91 Å². The number of allylic oxidation sites excluding steroid dienone is 2. The fraction of sp³-hybridized carbons (Fsp3) is 0.450. The van der Waals surface area contributed by atoms with Gasteiger partial charge in [0.05, 0.1) is 11.8 Å². The molecule has 7 heteroatoms. The molecule has 0 fully saturated rings. The van der Waals surface area contributed by atoms with Gasteiger partial charge in [-0.3, -0.25) is 25.2 Å². The number of ether oxygens (including phenoxy) is 1. The van der Waals surface area contributed by atoms with Crippen molar-refractivity contribution in [3.8, 4) is 5.75 Å². The highest BCUT2D eigenvalue weighted by Gasteiger charge is 2.37. The van der Waals surface area contributed by atoms with Crippen molar-refractivity contribution in [1.82, 2.24) is 10.9 Å². The van der Waals surface area contributed by atoms with E-state index in [1.54, 1.807) is 19.1 Å². The van der Waals surface area contributed by atoms with Gasteiger partial charge >= 0.3 is 5.97 Å². The lowest BCUT2D eigenvalue weighted by molar-refractivity contribution is -0.148. The normalized spacial score (nSPS) is 20.6. The third-order valence-electron chi connectivity index (χ3n) is 4.90. The Bertz CT molecular complexity index is 771. The average Bonchev–Trinajstić information content (AvgIpc) is 2.61. The van der Waals surface area contributed by atoms with Gasteiger partial charge in [0, 0.05) is 0 Å². The Morgan fingerprint density at radius 1 is 1.07 bits per heavy atom. The van der Waals surface area contributed by atoms with Crippen molar-refractivity contribution in [2.24, 2.45) is 11.8 Å². The molecule has 7 nitrogen and oxygen atoms in total. The molecule has 0 aliphatic heterocycles. The number of carboxylic acids is 1. The highest BCUT2D eigenvalue weighted by atomic mass is 16.5. The lowest BCUT2D eigenvalue weighted by Gasteiger charge is -2.29. The van der Waals surface area contributed by atoms with Gasteiger partial charge in [-0.05, 0) is 58.2 Å². The summed E-state index contributed by atoms with van der Waals surface area (Å²) in [5, 5.41) is 9.40. The second-order valence-corrected chi connectivity index (χ2v) is 7.08. The number of nitrogens with one attached hydrogen (secondary N) is 2. The van der Waals surface area contributed by atoms with E-state index in [1.165, 1.54) is 0 Å². The molecule has 2 amide bonds. The maximum Gasteiger partial charge on any atom is 0.307 e. The summed E-state index contributed by atoms with van der Waals surface area (Å²) in [6, 6.07) is 7.29. The third-order valence-corrected chi connectivity index (χ3v) is 4.90. The quantitative estimate of drug-likeness (QED) is 0.542. The lowest BCUT2D eigenvalue weighted by Crippen LogP contribution is -2.51. The van der Waals surface area contributed by atoms with E-state index in [9.17, 15) is 19.5 Å². The summed E-state index contributed by atoms with van der Waals surface area (Å²) in [5.74, 6) is -3.00. The summed E-state index contributed by atoms with van der Waals surface area (Å²) in [7, 11) is 0. The summed E-state index contributed by atoms with van der Waals surface area (Å²) in [4.78, 5) is 36.1. The predicted molar refractivity (Wildman–Crippen MR) is 99.8 cm³/mol. The Kier molecular flexibility index (Phi) is 6.60. The van der Waals surface area contributed by atoms with Gasteiger partial charge in [0.2, 0.25) is 5.91 Å². The first kappa shape index (κ1) is 20.5. The molecule has 0 spiro atoms. The smallest absolute Gasteiger partial charge is 0.307 e. The van der Waals surface area contributed by atoms with Gasteiger partial charge in [0.1, 0.15) is 5.75 Å². The van der Waals surface area contributed by atoms with Gasteiger partial charge < -0.3 is 9.84 Å². The summed E-state index contributed by atoms with van der Waals surface area (Å²) in [6.45, 7) is 7.26. The SMILES string of the molecule is CC1=C(C)C[C@H](C(=O)NNC(=O)[C@@H](C)Oc2cccc(C)c2)[C@@H](C(=O)O)C1. The molecular weight excluding hydrogens is 348 g/mol. The van der Waals surface area contributed by atoms with E-state index in [1.807, 2.05) is 32.9 Å². The van der Waals surface area contributed by atoms with Crippen molar-refractivity contribution in [3.63, 3.8) is 0 Å². The average molecular weight is 374 g/mol. The number of carboxylic acid groups (broad SMARTS) is 1. The Morgan fingerprint density at radius 2 is 1.70 bits per heavy atom. The van der Waals surface area contributed by atoms with E-state index in [4.69, 9.17) is 4.74 Å². The Balaban J connectivity index is 1.93. The summed E-state index contributed by atoms with van der Waals surface area (Å²) in [5.41, 5.74) is 7.68. The van der Waals surface area contributed by atoms with E-state index >= 15 is 0 Å². The first-order valence-electron chi connectivity index (χ1n) is 8.90. The topological polar surface area (TPSA) is 105 Å². The van der Waals surface area contributed by atoms with Crippen LogP contribution in [-0.2, 0) is 14.4 Å². The summed E-state index contributed by atoms with van der Waals surface area (Å²) in [6.07, 6.45) is -0.127. The largest absolute Gasteiger partial charge is 0.481 e. The van der Waals surface area contributed by atoms with Crippen molar-refractivity contribution < 1.29 is 24.2 Å². The van der Waals surface area contributed by atoms with Gasteiger partial charge in [-0.25, -0.2) is 0 Å². The zero-order valence-corrected chi connectivity index (χ0v) is 16.0. The number of rotatable bonds is 5. The van der Waals surface area contributed by atoms with Crippen LogP contribution in [0.25, 0.3) is 0 Å². The van der Waals surface area contributed by atoms with Crippen molar-refractivity contribution in [3.05, 3.63) is 41.0 Å². The van der Waals surface area contributed by atoms with Crippen molar-refractivity contribution in [2.75, 3.05) is 0 Å². The van der Waals surface area contributed by atoms with Crippen LogP contribution in [0, 0.1) is 18.8 Å². The minimum Gasteiger partial charge on any atom is -0.481 e. The number of hydrogen-bond donors (Lipinski definition) is 3. The van der Waals surface area contributed by atoms with Gasteiger partial charge in [-0.2, -0.15) is 0 Å². The second-order valence-electron chi connectivity index (χ2n) is 7.08. The van der Waals surface area contributed by atoms with Gasteiger partial charge in [-0.1, -0.05) is 23.3 Å². The third kappa shape index (κ3) is 5.32. The molecular formula is C20H26N2O5. The van der Waals surface area contributed by atoms with E-state index in [2.05, 4.69) is 10.9 Å². The Labute approximate surface area is 158 Å². The number of carbonyl (C=O) groups excluding carboxylic acids is 2. The predicted octanol–water partition coefficient (Wildman–Crippen LogP) is 2.36. The summed E-state index contributed by atoms with van der Waals surface area (Å²) < 4.78 is 5.56. The number of carbonyl (C=O) groups is 3. The molecule has 2 rings (SSSR count). The lowest BCUT2D eigenvalue weighted by atomic mass is 9.76. The number of aryl methyl sites for hydroxylation is 1. The molecule has 0 radical (unpaired) electrons. The number of hydrogen-bond acceptors (Lipinski definition) is 4. The first-order valence-corrected chi connectivity index (χ1v) is 8.90. The first-order chi connectivity index (χ1) is 12.7. The van der Waals surface area contributed by atoms with Crippen molar-refractivity contribution >= 4 is 17.8 Å². The molecule has 0 saturated heterocycles. The maximum atomic E-state index is 12.4. The minimum absolute atomic E-state index is 0.333.